The van der Waals surface area contributed by atoms with Crippen LogP contribution in [0.1, 0.15) is 19.8 Å². The minimum absolute atomic E-state index is 0.0665. The number of nitrogens with two attached hydrogens (primary N) is 1. The molecule has 0 fully saturated rings. The maximum absolute atomic E-state index is 11.3. The second-order valence-electron chi connectivity index (χ2n) is 3.46. The Morgan fingerprint density at radius 2 is 2.47 bits per heavy atom. The van der Waals surface area contributed by atoms with Crippen LogP contribution in [0.3, 0.4) is 0 Å². The van der Waals surface area contributed by atoms with Crippen molar-refractivity contribution in [2.45, 2.75) is 32.4 Å². The van der Waals surface area contributed by atoms with Crippen LogP contribution in [0, 0.1) is 0 Å². The fourth-order valence-corrected chi connectivity index (χ4v) is 1.21. The molecule has 5 nitrogen and oxygen atoms in total. The monoisotopic (exact) mass is 210 g/mol. The molecule has 0 aliphatic carbocycles. The van der Waals surface area contributed by atoms with Crippen molar-refractivity contribution in [1.82, 2.24) is 14.9 Å². The Hall–Kier alpha value is -1.36. The molecule has 1 amide bonds. The minimum atomic E-state index is -0.377. The van der Waals surface area contributed by atoms with E-state index in [0.717, 1.165) is 13.0 Å². The van der Waals surface area contributed by atoms with Gasteiger partial charge in [-0.1, -0.05) is 6.92 Å². The third kappa shape index (κ3) is 4.12. The van der Waals surface area contributed by atoms with E-state index in [9.17, 15) is 4.79 Å². The van der Waals surface area contributed by atoms with E-state index in [-0.39, 0.29) is 11.9 Å². The summed E-state index contributed by atoms with van der Waals surface area (Å²) in [6.45, 7) is 3.42. The summed E-state index contributed by atoms with van der Waals surface area (Å²) >= 11 is 0. The van der Waals surface area contributed by atoms with Crippen LogP contribution in [0.25, 0.3) is 0 Å². The van der Waals surface area contributed by atoms with Gasteiger partial charge in [-0.3, -0.25) is 4.79 Å². The molecule has 1 aromatic rings. The van der Waals surface area contributed by atoms with Crippen LogP contribution in [0.5, 0.6) is 0 Å². The zero-order valence-corrected chi connectivity index (χ0v) is 9.02. The lowest BCUT2D eigenvalue weighted by Crippen LogP contribution is -2.40. The highest BCUT2D eigenvalue weighted by Crippen LogP contribution is 1.90. The second kappa shape index (κ2) is 6.19. The van der Waals surface area contributed by atoms with E-state index in [4.69, 9.17) is 5.73 Å². The summed E-state index contributed by atoms with van der Waals surface area (Å²) in [6.07, 6.45) is 6.97. The van der Waals surface area contributed by atoms with Gasteiger partial charge in [0.05, 0.1) is 12.4 Å². The van der Waals surface area contributed by atoms with Crippen molar-refractivity contribution in [1.29, 1.82) is 0 Å². The summed E-state index contributed by atoms with van der Waals surface area (Å²) in [5, 5.41) is 2.80. The van der Waals surface area contributed by atoms with E-state index in [1.165, 1.54) is 0 Å². The fourth-order valence-electron chi connectivity index (χ4n) is 1.21. The molecule has 1 aromatic heterocycles. The molecule has 1 rings (SSSR count). The maximum Gasteiger partial charge on any atom is 0.236 e. The number of aryl methyl sites for hydroxylation is 1. The molecule has 15 heavy (non-hydrogen) atoms. The molecule has 0 aliphatic heterocycles. The standard InChI is InChI=1S/C10H18N4O/c1-2-9(11)10(15)13-4-3-6-14-7-5-12-8-14/h5,7-9H,2-4,6,11H2,1H3,(H,13,15). The van der Waals surface area contributed by atoms with Crippen LogP contribution >= 0.6 is 0 Å². The molecule has 1 heterocycles. The first kappa shape index (κ1) is 11.7. The molecule has 0 bridgehead atoms. The fraction of sp³-hybridized carbons (Fsp3) is 0.600. The minimum Gasteiger partial charge on any atom is -0.355 e. The van der Waals surface area contributed by atoms with Crippen LogP contribution in [0.4, 0.5) is 0 Å². The third-order valence-corrected chi connectivity index (χ3v) is 2.23. The van der Waals surface area contributed by atoms with E-state index >= 15 is 0 Å². The zero-order chi connectivity index (χ0) is 11.1. The second-order valence-corrected chi connectivity index (χ2v) is 3.46. The van der Waals surface area contributed by atoms with Gasteiger partial charge in [0.2, 0.25) is 5.91 Å². The Morgan fingerprint density at radius 1 is 1.67 bits per heavy atom. The number of hydrogen-bond acceptors (Lipinski definition) is 3. The van der Waals surface area contributed by atoms with Gasteiger partial charge in [0, 0.05) is 25.5 Å². The molecule has 0 saturated heterocycles. The van der Waals surface area contributed by atoms with Gasteiger partial charge in [-0.15, -0.1) is 0 Å². The molecule has 0 spiro atoms. The van der Waals surface area contributed by atoms with E-state index < -0.39 is 0 Å². The van der Waals surface area contributed by atoms with Crippen molar-refractivity contribution in [2.24, 2.45) is 5.73 Å². The molecule has 84 valence electrons. The Labute approximate surface area is 89.7 Å². The predicted octanol–water partition coefficient (Wildman–Crippen LogP) is 0.127. The lowest BCUT2D eigenvalue weighted by molar-refractivity contribution is -0.122. The number of carbonyl (C=O) groups excluding carboxylic acids is 1. The average molecular weight is 210 g/mol. The largest absolute Gasteiger partial charge is 0.355 e. The lowest BCUT2D eigenvalue weighted by Gasteiger charge is -2.09. The van der Waals surface area contributed by atoms with Gasteiger partial charge in [-0.25, -0.2) is 4.98 Å². The normalized spacial score (nSPS) is 12.4. The molecule has 1 atom stereocenters. The molecule has 5 heteroatoms. The summed E-state index contributed by atoms with van der Waals surface area (Å²) in [5.41, 5.74) is 5.57. The molecule has 0 aromatic carbocycles. The molecule has 3 N–H and O–H groups in total. The number of amides is 1. The average Bonchev–Trinajstić information content (AvgIpc) is 2.75. The van der Waals surface area contributed by atoms with Crippen LogP contribution in [0.15, 0.2) is 18.7 Å². The van der Waals surface area contributed by atoms with Crippen molar-refractivity contribution in [3.63, 3.8) is 0 Å². The quantitative estimate of drug-likeness (QED) is 0.655. The number of nitrogens with one attached hydrogen (secondary N) is 1. The molecule has 0 saturated carbocycles. The lowest BCUT2D eigenvalue weighted by atomic mass is 10.2. The van der Waals surface area contributed by atoms with Gasteiger partial charge < -0.3 is 15.6 Å². The number of hydrogen-bond donors (Lipinski definition) is 2. The van der Waals surface area contributed by atoms with Crippen LogP contribution in [-0.4, -0.2) is 28.0 Å². The van der Waals surface area contributed by atoms with Gasteiger partial charge in [0.15, 0.2) is 0 Å². The van der Waals surface area contributed by atoms with E-state index in [1.807, 2.05) is 17.7 Å². The summed E-state index contributed by atoms with van der Waals surface area (Å²) in [7, 11) is 0. The topological polar surface area (TPSA) is 72.9 Å². The molecule has 0 aliphatic rings. The van der Waals surface area contributed by atoms with Gasteiger partial charge in [-0.2, -0.15) is 0 Å². The van der Waals surface area contributed by atoms with Crippen LogP contribution < -0.4 is 11.1 Å². The molecular formula is C10H18N4O. The van der Waals surface area contributed by atoms with Crippen molar-refractivity contribution >= 4 is 5.91 Å². The molecular weight excluding hydrogens is 192 g/mol. The number of imidazole rings is 1. The van der Waals surface area contributed by atoms with Crippen LogP contribution in [-0.2, 0) is 11.3 Å². The number of aromatic nitrogens is 2. The zero-order valence-electron chi connectivity index (χ0n) is 9.02. The van der Waals surface area contributed by atoms with Gasteiger partial charge in [0.1, 0.15) is 0 Å². The molecule has 0 radical (unpaired) electrons. The Morgan fingerprint density at radius 3 is 3.07 bits per heavy atom. The molecule has 1 unspecified atom stereocenters. The predicted molar refractivity (Wildman–Crippen MR) is 58.1 cm³/mol. The third-order valence-electron chi connectivity index (χ3n) is 2.23. The van der Waals surface area contributed by atoms with Crippen molar-refractivity contribution in [3.05, 3.63) is 18.7 Å². The number of nitrogens with zero attached hydrogens (tertiary/aromatic N) is 2. The van der Waals surface area contributed by atoms with E-state index in [2.05, 4.69) is 10.3 Å². The van der Waals surface area contributed by atoms with E-state index in [0.29, 0.717) is 13.0 Å². The van der Waals surface area contributed by atoms with Gasteiger partial charge >= 0.3 is 0 Å². The van der Waals surface area contributed by atoms with Crippen molar-refractivity contribution in [3.8, 4) is 0 Å². The van der Waals surface area contributed by atoms with Crippen molar-refractivity contribution < 1.29 is 4.79 Å². The highest BCUT2D eigenvalue weighted by Gasteiger charge is 2.08. The number of rotatable bonds is 6. The maximum atomic E-state index is 11.3. The summed E-state index contributed by atoms with van der Waals surface area (Å²) in [5.74, 6) is -0.0665. The highest BCUT2D eigenvalue weighted by atomic mass is 16.2. The van der Waals surface area contributed by atoms with Crippen molar-refractivity contribution in [2.75, 3.05) is 6.54 Å². The summed E-state index contributed by atoms with van der Waals surface area (Å²) < 4.78 is 1.98. The Bertz CT molecular complexity index is 284. The SMILES string of the molecule is CCC(N)C(=O)NCCCn1ccnc1. The Balaban J connectivity index is 2.09. The summed E-state index contributed by atoms with van der Waals surface area (Å²) in [4.78, 5) is 15.2. The Kier molecular flexibility index (Phi) is 4.83. The van der Waals surface area contributed by atoms with E-state index in [1.54, 1.807) is 12.5 Å². The first-order chi connectivity index (χ1) is 7.24. The summed E-state index contributed by atoms with van der Waals surface area (Å²) in [6, 6.07) is -0.377. The number of carbonyl (C=O) groups is 1. The van der Waals surface area contributed by atoms with Gasteiger partial charge in [0.25, 0.3) is 0 Å². The van der Waals surface area contributed by atoms with Gasteiger partial charge in [-0.05, 0) is 12.8 Å². The first-order valence-electron chi connectivity index (χ1n) is 5.23. The highest BCUT2D eigenvalue weighted by molar-refractivity contribution is 5.81. The van der Waals surface area contributed by atoms with Crippen LogP contribution in [0.2, 0.25) is 0 Å². The first-order valence-corrected chi connectivity index (χ1v) is 5.23. The smallest absolute Gasteiger partial charge is 0.236 e.